The number of nitrogens with zero attached hydrogens (tertiary/aromatic N) is 1. The van der Waals surface area contributed by atoms with Crippen LogP contribution in [0.5, 0.6) is 0 Å². The van der Waals surface area contributed by atoms with E-state index in [4.69, 9.17) is 0 Å². The molecule has 142 valence electrons. The van der Waals surface area contributed by atoms with Crippen molar-refractivity contribution >= 4 is 23.2 Å². The van der Waals surface area contributed by atoms with Crippen molar-refractivity contribution < 1.29 is 9.59 Å². The Morgan fingerprint density at radius 2 is 1.89 bits per heavy atom. The highest BCUT2D eigenvalue weighted by atomic mass is 16.2. The number of rotatable bonds is 6. The lowest BCUT2D eigenvalue weighted by molar-refractivity contribution is -0.129. The lowest BCUT2D eigenvalue weighted by Crippen LogP contribution is -2.33. The minimum absolute atomic E-state index is 0.124. The second-order valence-corrected chi connectivity index (χ2v) is 7.15. The molecule has 0 aliphatic carbocycles. The number of hydrogen-bond donors (Lipinski definition) is 2. The zero-order valence-electron chi connectivity index (χ0n) is 16.2. The number of anilines is 2. The molecule has 5 nitrogen and oxygen atoms in total. The number of benzene rings is 2. The number of aryl methyl sites for hydroxylation is 2. The lowest BCUT2D eigenvalue weighted by Gasteiger charge is -2.18. The maximum atomic E-state index is 12.8. The SMILES string of the molecule is CCNCc1cccc(NC(=O)C2CCN(c3cc(C)cc(C)c3)C2=O)c1. The predicted molar refractivity (Wildman–Crippen MR) is 109 cm³/mol. The van der Waals surface area contributed by atoms with Gasteiger partial charge in [-0.25, -0.2) is 0 Å². The highest BCUT2D eigenvalue weighted by Gasteiger charge is 2.37. The Morgan fingerprint density at radius 3 is 2.59 bits per heavy atom. The van der Waals surface area contributed by atoms with Gasteiger partial charge in [-0.1, -0.05) is 25.1 Å². The molecule has 5 heteroatoms. The lowest BCUT2D eigenvalue weighted by atomic mass is 10.1. The molecular formula is C22H27N3O2. The molecule has 2 N–H and O–H groups in total. The van der Waals surface area contributed by atoms with Crippen LogP contribution in [-0.4, -0.2) is 24.9 Å². The number of hydrogen-bond acceptors (Lipinski definition) is 3. The number of carbonyl (C=O) groups excluding carboxylic acids is 2. The van der Waals surface area contributed by atoms with E-state index in [9.17, 15) is 9.59 Å². The first-order chi connectivity index (χ1) is 13.0. The first kappa shape index (κ1) is 19.1. The Bertz CT molecular complexity index is 827. The third-order valence-corrected chi connectivity index (χ3v) is 4.81. The van der Waals surface area contributed by atoms with E-state index in [1.165, 1.54) is 0 Å². The summed E-state index contributed by atoms with van der Waals surface area (Å²) >= 11 is 0. The van der Waals surface area contributed by atoms with Crippen LogP contribution in [0.25, 0.3) is 0 Å². The van der Waals surface area contributed by atoms with Crippen LogP contribution in [0.1, 0.15) is 30.0 Å². The van der Waals surface area contributed by atoms with Crippen molar-refractivity contribution in [1.82, 2.24) is 5.32 Å². The smallest absolute Gasteiger partial charge is 0.239 e. The van der Waals surface area contributed by atoms with E-state index in [1.54, 1.807) is 4.90 Å². The molecule has 3 rings (SSSR count). The van der Waals surface area contributed by atoms with Gasteiger partial charge in [0.2, 0.25) is 11.8 Å². The van der Waals surface area contributed by atoms with Crippen LogP contribution in [0.3, 0.4) is 0 Å². The molecule has 0 spiro atoms. The first-order valence-electron chi connectivity index (χ1n) is 9.48. The van der Waals surface area contributed by atoms with Crippen molar-refractivity contribution in [3.63, 3.8) is 0 Å². The van der Waals surface area contributed by atoms with Crippen LogP contribution in [0.15, 0.2) is 42.5 Å². The van der Waals surface area contributed by atoms with Gasteiger partial charge in [-0.05, 0) is 67.8 Å². The molecular weight excluding hydrogens is 338 g/mol. The van der Waals surface area contributed by atoms with Gasteiger partial charge in [-0.2, -0.15) is 0 Å². The Labute approximate surface area is 160 Å². The summed E-state index contributed by atoms with van der Waals surface area (Å²) in [5.74, 6) is -0.989. The van der Waals surface area contributed by atoms with Crippen LogP contribution < -0.4 is 15.5 Å². The second kappa shape index (κ2) is 8.35. The van der Waals surface area contributed by atoms with Crippen molar-refractivity contribution in [3.05, 3.63) is 59.2 Å². The standard InChI is InChI=1S/C22H27N3O2/c1-4-23-14-17-6-5-7-18(13-17)24-21(26)20-8-9-25(22(20)27)19-11-15(2)10-16(3)12-19/h5-7,10-13,20,23H,4,8-9,14H2,1-3H3,(H,24,26). The molecule has 1 aliphatic heterocycles. The van der Waals surface area contributed by atoms with Crippen molar-refractivity contribution in [2.75, 3.05) is 23.3 Å². The highest BCUT2D eigenvalue weighted by molar-refractivity contribution is 6.13. The summed E-state index contributed by atoms with van der Waals surface area (Å²) in [5, 5.41) is 6.18. The molecule has 0 saturated carbocycles. The minimum Gasteiger partial charge on any atom is -0.325 e. The van der Waals surface area contributed by atoms with Gasteiger partial charge in [-0.3, -0.25) is 9.59 Å². The van der Waals surface area contributed by atoms with Crippen LogP contribution in [-0.2, 0) is 16.1 Å². The Balaban J connectivity index is 1.68. The summed E-state index contributed by atoms with van der Waals surface area (Å²) in [7, 11) is 0. The average molecular weight is 365 g/mol. The number of nitrogens with one attached hydrogen (secondary N) is 2. The number of amides is 2. The minimum atomic E-state index is -0.636. The third-order valence-electron chi connectivity index (χ3n) is 4.81. The van der Waals surface area contributed by atoms with Gasteiger partial charge in [0.15, 0.2) is 0 Å². The van der Waals surface area contributed by atoms with Crippen molar-refractivity contribution in [1.29, 1.82) is 0 Å². The molecule has 1 saturated heterocycles. The molecule has 1 fully saturated rings. The fourth-order valence-electron chi connectivity index (χ4n) is 3.54. The van der Waals surface area contributed by atoms with Crippen molar-refractivity contribution in [2.24, 2.45) is 5.92 Å². The summed E-state index contributed by atoms with van der Waals surface area (Å²) < 4.78 is 0. The van der Waals surface area contributed by atoms with Gasteiger partial charge < -0.3 is 15.5 Å². The van der Waals surface area contributed by atoms with E-state index in [1.807, 2.05) is 50.2 Å². The fourth-order valence-corrected chi connectivity index (χ4v) is 3.54. The Morgan fingerprint density at radius 1 is 1.15 bits per heavy atom. The molecule has 2 aromatic carbocycles. The molecule has 27 heavy (non-hydrogen) atoms. The van der Waals surface area contributed by atoms with Gasteiger partial charge in [0.05, 0.1) is 0 Å². The van der Waals surface area contributed by atoms with Crippen LogP contribution in [0.4, 0.5) is 11.4 Å². The van der Waals surface area contributed by atoms with Gasteiger partial charge in [0.1, 0.15) is 5.92 Å². The van der Waals surface area contributed by atoms with Crippen LogP contribution in [0, 0.1) is 19.8 Å². The molecule has 1 aliphatic rings. The monoisotopic (exact) mass is 365 g/mol. The third kappa shape index (κ3) is 4.55. The second-order valence-electron chi connectivity index (χ2n) is 7.15. The molecule has 1 unspecified atom stereocenters. The summed E-state index contributed by atoms with van der Waals surface area (Å²) in [4.78, 5) is 27.2. The van der Waals surface area contributed by atoms with Crippen molar-refractivity contribution in [2.45, 2.75) is 33.7 Å². The van der Waals surface area contributed by atoms with Crippen molar-refractivity contribution in [3.8, 4) is 0 Å². The quantitative estimate of drug-likeness (QED) is 0.771. The highest BCUT2D eigenvalue weighted by Crippen LogP contribution is 2.28. The van der Waals surface area contributed by atoms with Gasteiger partial charge >= 0.3 is 0 Å². The summed E-state index contributed by atoms with van der Waals surface area (Å²) in [6.07, 6.45) is 0.536. The van der Waals surface area contributed by atoms with E-state index in [-0.39, 0.29) is 11.8 Å². The van der Waals surface area contributed by atoms with E-state index in [0.29, 0.717) is 13.0 Å². The largest absolute Gasteiger partial charge is 0.325 e. The summed E-state index contributed by atoms with van der Waals surface area (Å²) in [6, 6.07) is 13.8. The van der Waals surface area contributed by atoms with Gasteiger partial charge in [0.25, 0.3) is 0 Å². The molecule has 0 aromatic heterocycles. The molecule has 2 aromatic rings. The summed E-state index contributed by atoms with van der Waals surface area (Å²) in [6.45, 7) is 8.30. The normalized spacial score (nSPS) is 16.6. The maximum absolute atomic E-state index is 12.8. The van der Waals surface area contributed by atoms with Gasteiger partial charge in [0, 0.05) is 24.5 Å². The topological polar surface area (TPSA) is 61.4 Å². The zero-order chi connectivity index (χ0) is 19.4. The number of carbonyl (C=O) groups is 2. The van der Waals surface area contributed by atoms with Gasteiger partial charge in [-0.15, -0.1) is 0 Å². The fraction of sp³-hybridized carbons (Fsp3) is 0.364. The van der Waals surface area contributed by atoms with E-state index in [2.05, 4.69) is 23.6 Å². The predicted octanol–water partition coefficient (Wildman–Crippen LogP) is 3.40. The van der Waals surface area contributed by atoms with E-state index in [0.717, 1.165) is 41.2 Å². The Hall–Kier alpha value is -2.66. The summed E-state index contributed by atoms with van der Waals surface area (Å²) in [5.41, 5.74) is 4.93. The maximum Gasteiger partial charge on any atom is 0.239 e. The first-order valence-corrected chi connectivity index (χ1v) is 9.48. The van der Waals surface area contributed by atoms with E-state index >= 15 is 0 Å². The molecule has 1 heterocycles. The molecule has 2 amide bonds. The Kier molecular flexibility index (Phi) is 5.91. The molecule has 1 atom stereocenters. The van der Waals surface area contributed by atoms with Crippen LogP contribution in [0.2, 0.25) is 0 Å². The zero-order valence-corrected chi connectivity index (χ0v) is 16.2. The molecule has 0 bridgehead atoms. The molecule has 0 radical (unpaired) electrons. The van der Waals surface area contributed by atoms with Crippen LogP contribution >= 0.6 is 0 Å². The van der Waals surface area contributed by atoms with E-state index < -0.39 is 5.92 Å². The average Bonchev–Trinajstić information content (AvgIpc) is 3.01.